The summed E-state index contributed by atoms with van der Waals surface area (Å²) in [5, 5.41) is 0.745. The van der Waals surface area contributed by atoms with E-state index in [4.69, 9.17) is 21.1 Å². The predicted octanol–water partition coefficient (Wildman–Crippen LogP) is 2.50. The molecule has 0 aliphatic carbocycles. The van der Waals surface area contributed by atoms with Crippen molar-refractivity contribution >= 4 is 11.6 Å². The normalized spacial score (nSPS) is 10.8. The van der Waals surface area contributed by atoms with Crippen LogP contribution in [0.2, 0.25) is 5.02 Å². The zero-order chi connectivity index (χ0) is 9.68. The third-order valence-corrected chi connectivity index (χ3v) is 2.09. The molecule has 0 saturated carbocycles. The summed E-state index contributed by atoms with van der Waals surface area (Å²) in [7, 11) is 3.26. The van der Waals surface area contributed by atoms with Crippen molar-refractivity contribution in [3.8, 4) is 0 Å². The lowest BCUT2D eigenvalue weighted by Crippen LogP contribution is -2.15. The Morgan fingerprint density at radius 2 is 1.69 bits per heavy atom. The lowest BCUT2D eigenvalue weighted by molar-refractivity contribution is -0.100. The highest BCUT2D eigenvalue weighted by Crippen LogP contribution is 2.11. The molecule has 0 heterocycles. The Labute approximate surface area is 83.4 Å². The van der Waals surface area contributed by atoms with Crippen LogP contribution < -0.4 is 0 Å². The fourth-order valence-electron chi connectivity index (χ4n) is 1.08. The largest absolute Gasteiger partial charge is 0.356 e. The Balaban J connectivity index is 2.58. The van der Waals surface area contributed by atoms with Crippen LogP contribution in [0.15, 0.2) is 24.3 Å². The zero-order valence-electron chi connectivity index (χ0n) is 7.79. The van der Waals surface area contributed by atoms with Gasteiger partial charge in [-0.05, 0) is 17.7 Å². The van der Waals surface area contributed by atoms with Crippen molar-refractivity contribution < 1.29 is 9.47 Å². The fourth-order valence-corrected chi connectivity index (χ4v) is 1.20. The zero-order valence-corrected chi connectivity index (χ0v) is 8.54. The number of methoxy groups -OCH3 is 2. The maximum absolute atomic E-state index is 5.75. The molecule has 1 aromatic carbocycles. The lowest BCUT2D eigenvalue weighted by Gasteiger charge is -2.12. The first-order valence-electron chi connectivity index (χ1n) is 4.06. The first-order chi connectivity index (χ1) is 6.26. The first kappa shape index (κ1) is 10.5. The van der Waals surface area contributed by atoms with Gasteiger partial charge in [-0.15, -0.1) is 0 Å². The van der Waals surface area contributed by atoms with Crippen LogP contribution in [0.1, 0.15) is 5.56 Å². The summed E-state index contributed by atoms with van der Waals surface area (Å²) in [5.74, 6) is 0. The summed E-state index contributed by atoms with van der Waals surface area (Å²) in [6.07, 6.45) is 0.561. The van der Waals surface area contributed by atoms with Crippen LogP contribution in [0, 0.1) is 0 Å². The molecule has 0 bridgehead atoms. The highest BCUT2D eigenvalue weighted by atomic mass is 35.5. The van der Waals surface area contributed by atoms with E-state index in [1.807, 2.05) is 24.3 Å². The Hall–Kier alpha value is -0.570. The van der Waals surface area contributed by atoms with Crippen LogP contribution in [0.25, 0.3) is 0 Å². The smallest absolute Gasteiger partial charge is 0.160 e. The Morgan fingerprint density at radius 3 is 2.15 bits per heavy atom. The van der Waals surface area contributed by atoms with Crippen molar-refractivity contribution in [2.24, 2.45) is 0 Å². The molecule has 2 nitrogen and oxygen atoms in total. The molecular weight excluding hydrogens is 188 g/mol. The summed E-state index contributed by atoms with van der Waals surface area (Å²) in [5.41, 5.74) is 1.15. The molecule has 0 aliphatic rings. The number of rotatable bonds is 4. The van der Waals surface area contributed by atoms with Crippen LogP contribution in [0.4, 0.5) is 0 Å². The van der Waals surface area contributed by atoms with Gasteiger partial charge in [-0.3, -0.25) is 0 Å². The monoisotopic (exact) mass is 200 g/mol. The SMILES string of the molecule is COC(Cc1ccc(Cl)cc1)OC. The Morgan fingerprint density at radius 1 is 1.15 bits per heavy atom. The average Bonchev–Trinajstić information content (AvgIpc) is 2.17. The van der Waals surface area contributed by atoms with E-state index in [9.17, 15) is 0 Å². The highest BCUT2D eigenvalue weighted by molar-refractivity contribution is 6.30. The van der Waals surface area contributed by atoms with Gasteiger partial charge in [-0.2, -0.15) is 0 Å². The topological polar surface area (TPSA) is 18.5 Å². The minimum absolute atomic E-state index is 0.179. The van der Waals surface area contributed by atoms with Gasteiger partial charge < -0.3 is 9.47 Å². The van der Waals surface area contributed by atoms with Gasteiger partial charge in [0.2, 0.25) is 0 Å². The van der Waals surface area contributed by atoms with Gasteiger partial charge in [0.05, 0.1) is 0 Å². The van der Waals surface area contributed by atoms with E-state index in [0.717, 1.165) is 17.0 Å². The summed E-state index contributed by atoms with van der Waals surface area (Å²) in [4.78, 5) is 0. The maximum atomic E-state index is 5.75. The first-order valence-corrected chi connectivity index (χ1v) is 4.44. The van der Waals surface area contributed by atoms with E-state index in [1.165, 1.54) is 0 Å². The second kappa shape index (κ2) is 5.22. The van der Waals surface area contributed by atoms with Gasteiger partial charge >= 0.3 is 0 Å². The molecule has 0 aromatic heterocycles. The summed E-state index contributed by atoms with van der Waals surface area (Å²) < 4.78 is 10.2. The third-order valence-electron chi connectivity index (χ3n) is 1.84. The quantitative estimate of drug-likeness (QED) is 0.696. The maximum Gasteiger partial charge on any atom is 0.160 e. The third kappa shape index (κ3) is 3.35. The molecule has 13 heavy (non-hydrogen) atoms. The summed E-state index contributed by atoms with van der Waals surface area (Å²) >= 11 is 5.75. The van der Waals surface area contributed by atoms with Crippen LogP contribution in [0.5, 0.6) is 0 Å². The van der Waals surface area contributed by atoms with Crippen LogP contribution in [-0.2, 0) is 15.9 Å². The van der Waals surface area contributed by atoms with E-state index in [-0.39, 0.29) is 6.29 Å². The highest BCUT2D eigenvalue weighted by Gasteiger charge is 2.05. The van der Waals surface area contributed by atoms with E-state index >= 15 is 0 Å². The molecule has 0 amide bonds. The van der Waals surface area contributed by atoms with E-state index in [1.54, 1.807) is 14.2 Å². The molecule has 0 radical (unpaired) electrons. The molecule has 1 rings (SSSR count). The second-order valence-corrected chi connectivity index (χ2v) is 3.17. The molecule has 0 N–H and O–H groups in total. The standard InChI is InChI=1S/C10H13ClO2/c1-12-10(13-2)7-8-3-5-9(11)6-4-8/h3-6,10H,7H2,1-2H3. The van der Waals surface area contributed by atoms with Crippen molar-refractivity contribution in [2.45, 2.75) is 12.7 Å². The van der Waals surface area contributed by atoms with Gasteiger partial charge in [-0.25, -0.2) is 0 Å². The number of benzene rings is 1. The Kier molecular flexibility index (Phi) is 4.22. The average molecular weight is 201 g/mol. The van der Waals surface area contributed by atoms with Gasteiger partial charge in [-0.1, -0.05) is 23.7 Å². The van der Waals surface area contributed by atoms with Gasteiger partial charge in [0, 0.05) is 25.7 Å². The molecule has 3 heteroatoms. The van der Waals surface area contributed by atoms with E-state index in [2.05, 4.69) is 0 Å². The summed E-state index contributed by atoms with van der Waals surface area (Å²) in [6, 6.07) is 7.65. The van der Waals surface area contributed by atoms with Crippen LogP contribution >= 0.6 is 11.6 Å². The van der Waals surface area contributed by atoms with Crippen molar-refractivity contribution in [1.82, 2.24) is 0 Å². The molecule has 0 aliphatic heterocycles. The number of halogens is 1. The number of ether oxygens (including phenoxy) is 2. The van der Waals surface area contributed by atoms with Crippen molar-refractivity contribution in [1.29, 1.82) is 0 Å². The van der Waals surface area contributed by atoms with E-state index < -0.39 is 0 Å². The van der Waals surface area contributed by atoms with Crippen LogP contribution in [-0.4, -0.2) is 20.5 Å². The van der Waals surface area contributed by atoms with Crippen molar-refractivity contribution in [2.75, 3.05) is 14.2 Å². The number of hydrogen-bond donors (Lipinski definition) is 0. The molecule has 1 aromatic rings. The summed E-state index contributed by atoms with van der Waals surface area (Å²) in [6.45, 7) is 0. The lowest BCUT2D eigenvalue weighted by atomic mass is 10.1. The van der Waals surface area contributed by atoms with E-state index in [0.29, 0.717) is 0 Å². The fraction of sp³-hybridized carbons (Fsp3) is 0.400. The minimum Gasteiger partial charge on any atom is -0.356 e. The molecule has 0 spiro atoms. The van der Waals surface area contributed by atoms with Gasteiger partial charge in [0.1, 0.15) is 0 Å². The minimum atomic E-state index is -0.179. The molecule has 0 saturated heterocycles. The van der Waals surface area contributed by atoms with Gasteiger partial charge in [0.25, 0.3) is 0 Å². The molecule has 0 fully saturated rings. The van der Waals surface area contributed by atoms with Crippen molar-refractivity contribution in [3.63, 3.8) is 0 Å². The molecular formula is C10H13ClO2. The van der Waals surface area contributed by atoms with Gasteiger partial charge in [0.15, 0.2) is 6.29 Å². The second-order valence-electron chi connectivity index (χ2n) is 2.73. The van der Waals surface area contributed by atoms with Crippen LogP contribution in [0.3, 0.4) is 0 Å². The van der Waals surface area contributed by atoms with Crippen molar-refractivity contribution in [3.05, 3.63) is 34.9 Å². The Bertz CT molecular complexity index is 242. The molecule has 0 atom stereocenters. The molecule has 72 valence electrons. The molecule has 0 unspecified atom stereocenters. The number of hydrogen-bond acceptors (Lipinski definition) is 2. The predicted molar refractivity (Wildman–Crippen MR) is 53.0 cm³/mol.